The minimum Gasteiger partial charge on any atom is -0.467 e. The third-order valence-corrected chi connectivity index (χ3v) is 5.80. The van der Waals surface area contributed by atoms with Crippen LogP contribution >= 0.6 is 11.8 Å². The molecule has 0 bridgehead atoms. The first-order valence-electron chi connectivity index (χ1n) is 10.4. The zero-order valence-corrected chi connectivity index (χ0v) is 18.7. The molecule has 4 rings (SSSR count). The predicted octanol–water partition coefficient (Wildman–Crippen LogP) is 4.40. The smallest absolute Gasteiger partial charge is 0.338 e. The number of amides is 1. The van der Waals surface area contributed by atoms with Gasteiger partial charge >= 0.3 is 5.97 Å². The molecule has 0 atom stereocenters. The number of nitrogens with one attached hydrogen (secondary N) is 1. The molecule has 0 radical (unpaired) electrons. The average Bonchev–Trinajstić information content (AvgIpc) is 3.44. The molecular weight excluding hydrogens is 445 g/mol. The molecule has 1 N–H and O–H groups in total. The molecule has 0 aliphatic heterocycles. The van der Waals surface area contributed by atoms with E-state index >= 15 is 0 Å². The van der Waals surface area contributed by atoms with Crippen molar-refractivity contribution in [3.63, 3.8) is 0 Å². The molecule has 0 aliphatic rings. The second-order valence-electron chi connectivity index (χ2n) is 7.18. The van der Waals surface area contributed by atoms with Crippen molar-refractivity contribution in [2.45, 2.75) is 25.2 Å². The van der Waals surface area contributed by atoms with Gasteiger partial charge < -0.3 is 19.0 Å². The number of carbonyl (C=O) groups is 2. The molecule has 4 aromatic rings. The van der Waals surface area contributed by atoms with E-state index in [1.54, 1.807) is 49.6 Å². The monoisotopic (exact) mass is 467 g/mol. The van der Waals surface area contributed by atoms with Crippen LogP contribution in [0.4, 0.5) is 4.39 Å². The van der Waals surface area contributed by atoms with E-state index in [0.717, 1.165) is 11.1 Å². The summed E-state index contributed by atoms with van der Waals surface area (Å²) in [7, 11) is 0. The van der Waals surface area contributed by atoms with Gasteiger partial charge in [0.2, 0.25) is 5.91 Å². The van der Waals surface area contributed by atoms with Crippen LogP contribution in [0.15, 0.2) is 70.4 Å². The summed E-state index contributed by atoms with van der Waals surface area (Å²) >= 11 is 1.27. The molecule has 0 spiro atoms. The number of hydrogen-bond donors (Lipinski definition) is 1. The van der Waals surface area contributed by atoms with Crippen LogP contribution in [-0.4, -0.2) is 33.8 Å². The fourth-order valence-electron chi connectivity index (χ4n) is 3.31. The molecule has 0 saturated heterocycles. The Morgan fingerprint density at radius 3 is 2.82 bits per heavy atom. The number of esters is 1. The number of thioether (sulfide) groups is 1. The fourth-order valence-corrected chi connectivity index (χ4v) is 4.15. The number of furan rings is 1. The lowest BCUT2D eigenvalue weighted by Gasteiger charge is -2.10. The lowest BCUT2D eigenvalue weighted by molar-refractivity contribution is -0.118. The Hall–Kier alpha value is -3.59. The van der Waals surface area contributed by atoms with Crippen LogP contribution in [0.1, 0.15) is 28.6 Å². The molecule has 0 unspecified atom stereocenters. The van der Waals surface area contributed by atoms with Gasteiger partial charge in [0, 0.05) is 0 Å². The first-order chi connectivity index (χ1) is 16.0. The first-order valence-corrected chi connectivity index (χ1v) is 11.4. The average molecular weight is 468 g/mol. The van der Waals surface area contributed by atoms with Gasteiger partial charge in [-0.2, -0.15) is 0 Å². The topological polar surface area (TPSA) is 86.4 Å². The Labute approximate surface area is 193 Å². The minimum absolute atomic E-state index is 0.137. The lowest BCUT2D eigenvalue weighted by atomic mass is 10.2. The van der Waals surface area contributed by atoms with Gasteiger partial charge in [0.05, 0.1) is 48.3 Å². The van der Waals surface area contributed by atoms with E-state index in [9.17, 15) is 14.0 Å². The van der Waals surface area contributed by atoms with Crippen molar-refractivity contribution in [1.29, 1.82) is 0 Å². The van der Waals surface area contributed by atoms with E-state index in [2.05, 4.69) is 10.3 Å². The molecule has 1 amide bonds. The second-order valence-corrected chi connectivity index (χ2v) is 8.12. The van der Waals surface area contributed by atoms with Crippen LogP contribution < -0.4 is 5.32 Å². The zero-order chi connectivity index (χ0) is 23.2. The van der Waals surface area contributed by atoms with Crippen LogP contribution in [0.2, 0.25) is 0 Å². The summed E-state index contributed by atoms with van der Waals surface area (Å²) in [5.41, 5.74) is 2.52. The number of imidazole rings is 1. The van der Waals surface area contributed by atoms with Crippen LogP contribution in [0.3, 0.4) is 0 Å². The second kappa shape index (κ2) is 10.4. The SMILES string of the molecule is CCOC(=O)c1ccc2c(c1)nc(SCC(=O)NCc1ccco1)n2Cc1cccc(F)c1. The van der Waals surface area contributed by atoms with Crippen LogP contribution in [0, 0.1) is 5.82 Å². The Morgan fingerprint density at radius 1 is 1.18 bits per heavy atom. The lowest BCUT2D eigenvalue weighted by Crippen LogP contribution is -2.24. The highest BCUT2D eigenvalue weighted by Crippen LogP contribution is 2.26. The number of fused-ring (bicyclic) bond motifs is 1. The van der Waals surface area contributed by atoms with E-state index < -0.39 is 5.97 Å². The van der Waals surface area contributed by atoms with Crippen molar-refractivity contribution < 1.29 is 23.1 Å². The van der Waals surface area contributed by atoms with Gasteiger partial charge in [-0.05, 0) is 55.0 Å². The van der Waals surface area contributed by atoms with Crippen LogP contribution in [0.5, 0.6) is 0 Å². The zero-order valence-electron chi connectivity index (χ0n) is 17.9. The van der Waals surface area contributed by atoms with E-state index in [1.165, 1.54) is 23.9 Å². The molecule has 0 saturated carbocycles. The third kappa shape index (κ3) is 5.61. The molecule has 9 heteroatoms. The normalized spacial score (nSPS) is 11.0. The molecule has 0 aliphatic carbocycles. The fraction of sp³-hybridized carbons (Fsp3) is 0.208. The predicted molar refractivity (Wildman–Crippen MR) is 122 cm³/mol. The number of hydrogen-bond acceptors (Lipinski definition) is 6. The highest BCUT2D eigenvalue weighted by molar-refractivity contribution is 7.99. The van der Waals surface area contributed by atoms with Crippen molar-refractivity contribution in [3.05, 3.63) is 83.6 Å². The van der Waals surface area contributed by atoms with Gasteiger partial charge in [-0.3, -0.25) is 4.79 Å². The Morgan fingerprint density at radius 2 is 2.06 bits per heavy atom. The third-order valence-electron chi connectivity index (χ3n) is 4.83. The van der Waals surface area contributed by atoms with Crippen molar-refractivity contribution in [3.8, 4) is 0 Å². The summed E-state index contributed by atoms with van der Waals surface area (Å²) in [6.45, 7) is 2.69. The van der Waals surface area contributed by atoms with E-state index in [-0.39, 0.29) is 24.1 Å². The van der Waals surface area contributed by atoms with E-state index in [0.29, 0.717) is 35.1 Å². The maximum atomic E-state index is 13.7. The minimum atomic E-state index is -0.425. The summed E-state index contributed by atoms with van der Waals surface area (Å²) < 4.78 is 25.9. The Kier molecular flexibility index (Phi) is 7.09. The summed E-state index contributed by atoms with van der Waals surface area (Å²) in [4.78, 5) is 29.1. The van der Waals surface area contributed by atoms with Gasteiger partial charge in [0.25, 0.3) is 0 Å². The summed E-state index contributed by atoms with van der Waals surface area (Å²) in [6, 6.07) is 15.0. The largest absolute Gasteiger partial charge is 0.467 e. The summed E-state index contributed by atoms with van der Waals surface area (Å²) in [5.74, 6) is -0.123. The van der Waals surface area contributed by atoms with Gasteiger partial charge in [-0.25, -0.2) is 14.2 Å². The molecular formula is C24H22FN3O4S. The number of benzene rings is 2. The number of rotatable bonds is 9. The molecule has 170 valence electrons. The molecule has 0 fully saturated rings. The highest BCUT2D eigenvalue weighted by atomic mass is 32.2. The molecule has 2 aromatic heterocycles. The molecule has 2 aromatic carbocycles. The number of nitrogens with zero attached hydrogens (tertiary/aromatic N) is 2. The number of carbonyl (C=O) groups excluding carboxylic acids is 2. The number of halogens is 1. The van der Waals surface area contributed by atoms with Gasteiger partial charge in [-0.15, -0.1) is 0 Å². The van der Waals surface area contributed by atoms with Crippen LogP contribution in [-0.2, 0) is 22.6 Å². The van der Waals surface area contributed by atoms with Crippen molar-refractivity contribution in [1.82, 2.24) is 14.9 Å². The summed E-state index contributed by atoms with van der Waals surface area (Å²) in [6.07, 6.45) is 1.55. The Balaban J connectivity index is 1.58. The van der Waals surface area contributed by atoms with Crippen molar-refractivity contribution in [2.75, 3.05) is 12.4 Å². The molecule has 2 heterocycles. The van der Waals surface area contributed by atoms with E-state index in [1.807, 2.05) is 10.6 Å². The standard InChI is InChI=1S/C24H22FN3O4S/c1-2-31-23(30)17-8-9-21-20(12-17)27-24(28(21)14-16-5-3-6-18(25)11-16)33-15-22(29)26-13-19-7-4-10-32-19/h3-12H,2,13-15H2,1H3,(H,26,29). The van der Waals surface area contributed by atoms with Crippen molar-refractivity contribution in [2.24, 2.45) is 0 Å². The maximum absolute atomic E-state index is 13.7. The molecule has 33 heavy (non-hydrogen) atoms. The number of ether oxygens (including phenoxy) is 1. The first kappa shape index (κ1) is 22.6. The van der Waals surface area contributed by atoms with Gasteiger partial charge in [0.1, 0.15) is 11.6 Å². The number of aromatic nitrogens is 2. The highest BCUT2D eigenvalue weighted by Gasteiger charge is 2.16. The summed E-state index contributed by atoms with van der Waals surface area (Å²) in [5, 5.41) is 3.39. The maximum Gasteiger partial charge on any atom is 0.338 e. The van der Waals surface area contributed by atoms with Gasteiger partial charge in [0.15, 0.2) is 5.16 Å². The van der Waals surface area contributed by atoms with Gasteiger partial charge in [-0.1, -0.05) is 23.9 Å². The molecule has 7 nitrogen and oxygen atoms in total. The Bertz CT molecular complexity index is 1270. The van der Waals surface area contributed by atoms with Crippen molar-refractivity contribution >= 4 is 34.7 Å². The van der Waals surface area contributed by atoms with E-state index in [4.69, 9.17) is 9.15 Å². The quantitative estimate of drug-likeness (QED) is 0.290. The van der Waals surface area contributed by atoms with Crippen LogP contribution in [0.25, 0.3) is 11.0 Å².